The van der Waals surface area contributed by atoms with Crippen LogP contribution in [0.1, 0.15) is 108 Å². The molecular formula is C31H36FN3O2. The molecule has 2 N–H and O–H groups in total. The summed E-state index contributed by atoms with van der Waals surface area (Å²) >= 11 is 0. The van der Waals surface area contributed by atoms with Crippen LogP contribution in [0.2, 0.25) is 0 Å². The third-order valence-electron chi connectivity index (χ3n) is 8.66. The van der Waals surface area contributed by atoms with Gasteiger partial charge in [0.1, 0.15) is 5.82 Å². The first-order chi connectivity index (χ1) is 18.1. The molecule has 0 saturated heterocycles. The number of fused-ring (bicyclic) bond motifs is 2. The average molecular weight is 502 g/mol. The van der Waals surface area contributed by atoms with E-state index in [4.69, 9.17) is 5.10 Å². The Balaban J connectivity index is 1.37. The van der Waals surface area contributed by atoms with Crippen molar-refractivity contribution in [1.29, 1.82) is 0 Å². The maximum atomic E-state index is 14.0. The molecule has 1 saturated carbocycles. The Morgan fingerprint density at radius 1 is 1.03 bits per heavy atom. The largest absolute Gasteiger partial charge is 0.390 e. The summed E-state index contributed by atoms with van der Waals surface area (Å²) in [5.41, 5.74) is 5.83. The zero-order chi connectivity index (χ0) is 25.4. The summed E-state index contributed by atoms with van der Waals surface area (Å²) in [6.45, 7) is 0. The third-order valence-corrected chi connectivity index (χ3v) is 8.66. The molecule has 3 aliphatic rings. The predicted octanol–water partition coefficient (Wildman–Crippen LogP) is 5.97. The summed E-state index contributed by atoms with van der Waals surface area (Å²) < 4.78 is 16.2. The Bertz CT molecular complexity index is 1280. The SMILES string of the molecule is O=C(N[C@@H]1c2ccccc2C[C@@H]1O)c1nn(C2CCCCC2)c2c1CCCC[C@@H]2Cc1cccc(F)c1. The first kappa shape index (κ1) is 24.4. The molecule has 0 aliphatic heterocycles. The normalized spacial score (nSPS) is 23.8. The van der Waals surface area contributed by atoms with E-state index in [1.54, 1.807) is 12.1 Å². The third kappa shape index (κ3) is 4.84. The second-order valence-electron chi connectivity index (χ2n) is 11.1. The zero-order valence-electron chi connectivity index (χ0n) is 21.3. The smallest absolute Gasteiger partial charge is 0.272 e. The fourth-order valence-electron chi connectivity index (χ4n) is 6.88. The highest BCUT2D eigenvalue weighted by molar-refractivity contribution is 5.94. The van der Waals surface area contributed by atoms with Crippen LogP contribution < -0.4 is 5.32 Å². The van der Waals surface area contributed by atoms with Crippen molar-refractivity contribution in [2.75, 3.05) is 0 Å². The van der Waals surface area contributed by atoms with Gasteiger partial charge in [0.25, 0.3) is 5.91 Å². The molecule has 0 radical (unpaired) electrons. The average Bonchev–Trinajstić information content (AvgIpc) is 3.36. The Labute approximate surface area is 218 Å². The van der Waals surface area contributed by atoms with Crippen molar-refractivity contribution in [2.45, 2.75) is 94.7 Å². The van der Waals surface area contributed by atoms with Crippen LogP contribution in [0.15, 0.2) is 48.5 Å². The summed E-state index contributed by atoms with van der Waals surface area (Å²) in [5, 5.41) is 18.9. The molecule has 1 amide bonds. The molecule has 3 aliphatic carbocycles. The minimum absolute atomic E-state index is 0.196. The number of aliphatic hydroxyl groups excluding tert-OH is 1. The van der Waals surface area contributed by atoms with Crippen LogP contribution in [0, 0.1) is 5.82 Å². The standard InChI is InChI=1S/C31H36FN3O2/c32-23-12-8-9-20(18-23)17-22-11-5-7-16-26-29(34-35(30(22)26)24-13-2-1-3-14-24)31(37)33-28-25-15-6-4-10-21(25)19-27(28)36/h4,6,8-10,12,15,18,22,24,27-28,36H,1-3,5,7,11,13-14,16-17,19H2,(H,33,37)/t22-,27+,28-/m1/s1. The molecule has 1 heterocycles. The van der Waals surface area contributed by atoms with Gasteiger partial charge in [-0.25, -0.2) is 4.39 Å². The van der Waals surface area contributed by atoms with E-state index in [0.29, 0.717) is 18.2 Å². The van der Waals surface area contributed by atoms with E-state index in [1.807, 2.05) is 30.3 Å². The predicted molar refractivity (Wildman–Crippen MR) is 141 cm³/mol. The molecule has 6 rings (SSSR count). The van der Waals surface area contributed by atoms with Gasteiger partial charge in [0.15, 0.2) is 5.69 Å². The molecule has 1 fully saturated rings. The van der Waals surface area contributed by atoms with E-state index in [9.17, 15) is 14.3 Å². The molecule has 0 spiro atoms. The first-order valence-electron chi connectivity index (χ1n) is 14.0. The van der Waals surface area contributed by atoms with Crippen molar-refractivity contribution in [3.05, 3.63) is 88.0 Å². The Morgan fingerprint density at radius 2 is 1.84 bits per heavy atom. The summed E-state index contributed by atoms with van der Waals surface area (Å²) in [6.07, 6.45) is 10.4. The van der Waals surface area contributed by atoms with Crippen molar-refractivity contribution >= 4 is 5.91 Å². The van der Waals surface area contributed by atoms with E-state index in [-0.39, 0.29) is 17.6 Å². The fraction of sp³-hybridized carbons (Fsp3) is 0.484. The fourth-order valence-corrected chi connectivity index (χ4v) is 6.88. The van der Waals surface area contributed by atoms with Crippen molar-refractivity contribution in [2.24, 2.45) is 0 Å². The van der Waals surface area contributed by atoms with Gasteiger partial charge in [-0.05, 0) is 67.3 Å². The van der Waals surface area contributed by atoms with Crippen LogP contribution >= 0.6 is 0 Å². The second-order valence-corrected chi connectivity index (χ2v) is 11.1. The topological polar surface area (TPSA) is 67.2 Å². The van der Waals surface area contributed by atoms with Crippen LogP contribution in [-0.4, -0.2) is 26.9 Å². The van der Waals surface area contributed by atoms with Crippen molar-refractivity contribution < 1.29 is 14.3 Å². The quantitative estimate of drug-likeness (QED) is 0.424. The van der Waals surface area contributed by atoms with Gasteiger partial charge in [-0.1, -0.05) is 62.1 Å². The van der Waals surface area contributed by atoms with E-state index in [2.05, 4.69) is 10.00 Å². The van der Waals surface area contributed by atoms with Gasteiger partial charge in [0.2, 0.25) is 0 Å². The molecule has 1 aromatic heterocycles. The van der Waals surface area contributed by atoms with E-state index >= 15 is 0 Å². The number of halogens is 1. The highest BCUT2D eigenvalue weighted by atomic mass is 19.1. The summed E-state index contributed by atoms with van der Waals surface area (Å²) in [7, 11) is 0. The lowest BCUT2D eigenvalue weighted by Crippen LogP contribution is -2.34. The van der Waals surface area contributed by atoms with Crippen molar-refractivity contribution in [3.63, 3.8) is 0 Å². The summed E-state index contributed by atoms with van der Waals surface area (Å²) in [5.74, 6) is -0.200. The number of hydrogen-bond donors (Lipinski definition) is 2. The van der Waals surface area contributed by atoms with Crippen molar-refractivity contribution in [1.82, 2.24) is 15.1 Å². The van der Waals surface area contributed by atoms with Gasteiger partial charge in [0, 0.05) is 23.6 Å². The number of nitrogens with zero attached hydrogens (tertiary/aromatic N) is 2. The first-order valence-corrected chi connectivity index (χ1v) is 14.0. The lowest BCUT2D eigenvalue weighted by Gasteiger charge is -2.27. The number of hydrogen-bond acceptors (Lipinski definition) is 3. The summed E-state index contributed by atoms with van der Waals surface area (Å²) in [4.78, 5) is 13.8. The molecular weight excluding hydrogens is 465 g/mol. The van der Waals surface area contributed by atoms with Gasteiger partial charge < -0.3 is 10.4 Å². The molecule has 3 aromatic rings. The molecule has 0 bridgehead atoms. The molecule has 3 atom stereocenters. The number of aromatic nitrogens is 2. The van der Waals surface area contributed by atoms with Gasteiger partial charge in [-0.15, -0.1) is 0 Å². The molecule has 0 unspecified atom stereocenters. The Morgan fingerprint density at radius 3 is 2.68 bits per heavy atom. The number of nitrogens with one attached hydrogen (secondary N) is 1. The van der Waals surface area contributed by atoms with E-state index in [1.165, 1.54) is 31.0 Å². The lowest BCUT2D eigenvalue weighted by atomic mass is 9.89. The van der Waals surface area contributed by atoms with Gasteiger partial charge in [-0.2, -0.15) is 5.10 Å². The van der Waals surface area contributed by atoms with Crippen molar-refractivity contribution in [3.8, 4) is 0 Å². The number of carbonyl (C=O) groups excluding carboxylic acids is 1. The highest BCUT2D eigenvalue weighted by Gasteiger charge is 2.36. The van der Waals surface area contributed by atoms with Gasteiger partial charge in [0.05, 0.1) is 18.2 Å². The summed E-state index contributed by atoms with van der Waals surface area (Å²) in [6, 6.07) is 14.7. The Kier molecular flexibility index (Phi) is 6.85. The van der Waals surface area contributed by atoms with Gasteiger partial charge >= 0.3 is 0 Å². The van der Waals surface area contributed by atoms with E-state index in [0.717, 1.165) is 67.2 Å². The number of rotatable bonds is 5. The van der Waals surface area contributed by atoms with Crippen LogP contribution in [0.25, 0.3) is 0 Å². The monoisotopic (exact) mass is 501 g/mol. The lowest BCUT2D eigenvalue weighted by molar-refractivity contribution is 0.0851. The maximum absolute atomic E-state index is 14.0. The molecule has 194 valence electrons. The molecule has 2 aromatic carbocycles. The number of carbonyl (C=O) groups is 1. The Hall–Kier alpha value is -2.99. The number of aliphatic hydroxyl groups is 1. The molecule has 5 nitrogen and oxygen atoms in total. The van der Waals surface area contributed by atoms with Gasteiger partial charge in [-0.3, -0.25) is 9.48 Å². The zero-order valence-corrected chi connectivity index (χ0v) is 21.3. The van der Waals surface area contributed by atoms with Crippen LogP contribution in [-0.2, 0) is 19.3 Å². The highest BCUT2D eigenvalue weighted by Crippen LogP contribution is 2.40. The van der Waals surface area contributed by atoms with E-state index < -0.39 is 12.1 Å². The van der Waals surface area contributed by atoms with Crippen LogP contribution in [0.3, 0.4) is 0 Å². The van der Waals surface area contributed by atoms with Crippen LogP contribution in [0.4, 0.5) is 4.39 Å². The molecule has 37 heavy (non-hydrogen) atoms. The minimum Gasteiger partial charge on any atom is -0.390 e. The minimum atomic E-state index is -0.638. The maximum Gasteiger partial charge on any atom is 0.272 e. The number of amides is 1. The van der Waals surface area contributed by atoms with Crippen LogP contribution in [0.5, 0.6) is 0 Å². The number of benzene rings is 2. The second kappa shape index (κ2) is 10.4. The molecule has 6 heteroatoms.